The van der Waals surface area contributed by atoms with Crippen LogP contribution in [0.1, 0.15) is 0 Å². The molecule has 0 spiro atoms. The highest BCUT2D eigenvalue weighted by molar-refractivity contribution is 7.87. The van der Waals surface area contributed by atoms with Gasteiger partial charge in [0, 0.05) is 17.9 Å². The van der Waals surface area contributed by atoms with E-state index >= 15 is 0 Å². The fraction of sp³-hybridized carbons (Fsp3) is 0.214. The van der Waals surface area contributed by atoms with Gasteiger partial charge in [-0.2, -0.15) is 13.2 Å². The Morgan fingerprint density at radius 2 is 2.00 bits per heavy atom. The largest absolute Gasteiger partial charge is 0.471 e. The predicted octanol–water partition coefficient (Wildman–Crippen LogP) is 2.24. The summed E-state index contributed by atoms with van der Waals surface area (Å²) in [7, 11) is -1.62. The van der Waals surface area contributed by atoms with E-state index in [2.05, 4.69) is 10.1 Å². The van der Waals surface area contributed by atoms with Crippen LogP contribution >= 0.6 is 11.3 Å². The molecule has 2 aromatic heterocycles. The molecule has 0 saturated heterocycles. The minimum Gasteiger partial charge on any atom is -0.347 e. The molecule has 0 aliphatic carbocycles. The van der Waals surface area contributed by atoms with E-state index < -0.39 is 22.9 Å². The first-order chi connectivity index (χ1) is 11.8. The summed E-state index contributed by atoms with van der Waals surface area (Å²) < 4.78 is 50.0. The van der Waals surface area contributed by atoms with E-state index in [-0.39, 0.29) is 16.6 Å². The van der Waals surface area contributed by atoms with Gasteiger partial charge in [-0.25, -0.2) is 9.50 Å². The van der Waals surface area contributed by atoms with E-state index in [9.17, 15) is 22.2 Å². The summed E-state index contributed by atoms with van der Waals surface area (Å²) in [6.45, 7) is -0.359. The van der Waals surface area contributed by atoms with Gasteiger partial charge in [0.25, 0.3) is 0 Å². The number of alkyl halides is 3. The van der Waals surface area contributed by atoms with Gasteiger partial charge in [0.1, 0.15) is 0 Å². The van der Waals surface area contributed by atoms with E-state index in [4.69, 9.17) is 0 Å². The maximum Gasteiger partial charge on any atom is 0.471 e. The number of benzene rings is 1. The molecule has 1 N–H and O–H groups in total. The van der Waals surface area contributed by atoms with Crippen molar-refractivity contribution in [3.8, 4) is 11.3 Å². The fourth-order valence-electron chi connectivity index (χ4n) is 1.97. The molecule has 0 bridgehead atoms. The zero-order valence-corrected chi connectivity index (χ0v) is 14.1. The van der Waals surface area contributed by atoms with Gasteiger partial charge in [-0.05, 0) is 0 Å². The number of hydrogen-bond acceptors (Lipinski definition) is 5. The van der Waals surface area contributed by atoms with Crippen molar-refractivity contribution < 1.29 is 22.2 Å². The standard InChI is InChI=1S/C14H11F3N4O2S2/c15-14(16,17)11(22)18-6-7-25(23)13-20-21-8-10(19-12(21)24-13)9-4-2-1-3-5-9/h1-5,8H,6-7H2,(H,18,22). The zero-order chi connectivity index (χ0) is 18.0. The Balaban J connectivity index is 1.65. The van der Waals surface area contributed by atoms with Crippen LogP contribution in [0.25, 0.3) is 16.2 Å². The minimum atomic E-state index is -4.95. The molecule has 1 amide bonds. The molecule has 3 rings (SSSR count). The van der Waals surface area contributed by atoms with Crippen LogP contribution in [-0.2, 0) is 15.6 Å². The van der Waals surface area contributed by atoms with E-state index in [1.807, 2.05) is 30.3 Å². The second-order valence-electron chi connectivity index (χ2n) is 4.89. The molecule has 11 heteroatoms. The molecule has 0 radical (unpaired) electrons. The molecule has 6 nitrogen and oxygen atoms in total. The molecule has 1 atom stereocenters. The van der Waals surface area contributed by atoms with Gasteiger partial charge < -0.3 is 5.32 Å². The van der Waals surface area contributed by atoms with Crippen LogP contribution < -0.4 is 5.32 Å². The lowest BCUT2D eigenvalue weighted by Crippen LogP contribution is -2.38. The highest BCUT2D eigenvalue weighted by Gasteiger charge is 2.38. The molecule has 1 aromatic carbocycles. The number of rotatable bonds is 5. The second-order valence-corrected chi connectivity index (χ2v) is 7.59. The quantitative estimate of drug-likeness (QED) is 0.727. The van der Waals surface area contributed by atoms with Crippen molar-refractivity contribution in [1.82, 2.24) is 19.9 Å². The summed E-state index contributed by atoms with van der Waals surface area (Å²) in [5, 5.41) is 5.82. The lowest BCUT2D eigenvalue weighted by molar-refractivity contribution is -0.173. The number of hydrogen-bond donors (Lipinski definition) is 1. The first-order valence-electron chi connectivity index (χ1n) is 6.99. The van der Waals surface area contributed by atoms with Crippen LogP contribution in [0.5, 0.6) is 0 Å². The summed E-state index contributed by atoms with van der Waals surface area (Å²) in [4.78, 5) is 15.6. The van der Waals surface area contributed by atoms with Crippen molar-refractivity contribution in [3.63, 3.8) is 0 Å². The lowest BCUT2D eigenvalue weighted by Gasteiger charge is -2.06. The van der Waals surface area contributed by atoms with E-state index in [1.165, 1.54) is 4.52 Å². The normalized spacial score (nSPS) is 13.1. The summed E-state index contributed by atoms with van der Waals surface area (Å²) in [6.07, 6.45) is -3.26. The maximum absolute atomic E-state index is 12.1. The van der Waals surface area contributed by atoms with E-state index in [0.717, 1.165) is 16.9 Å². The van der Waals surface area contributed by atoms with Crippen LogP contribution in [0.3, 0.4) is 0 Å². The number of nitrogens with zero attached hydrogens (tertiary/aromatic N) is 3. The van der Waals surface area contributed by atoms with Gasteiger partial charge in [-0.3, -0.25) is 9.00 Å². The number of halogens is 3. The van der Waals surface area contributed by atoms with Crippen molar-refractivity contribution in [2.75, 3.05) is 12.3 Å². The highest BCUT2D eigenvalue weighted by Crippen LogP contribution is 2.23. The number of carbonyl (C=O) groups is 1. The number of fused-ring (bicyclic) bond motifs is 1. The van der Waals surface area contributed by atoms with Crippen LogP contribution in [0.2, 0.25) is 0 Å². The molecule has 0 fully saturated rings. The maximum atomic E-state index is 12.1. The highest BCUT2D eigenvalue weighted by atomic mass is 32.2. The first kappa shape index (κ1) is 17.5. The Morgan fingerprint density at radius 1 is 1.28 bits per heavy atom. The molecule has 3 aromatic rings. The van der Waals surface area contributed by atoms with Crippen LogP contribution in [0, 0.1) is 0 Å². The first-order valence-corrected chi connectivity index (χ1v) is 9.13. The van der Waals surface area contributed by atoms with Gasteiger partial charge in [0.2, 0.25) is 9.30 Å². The lowest BCUT2D eigenvalue weighted by atomic mass is 10.2. The van der Waals surface area contributed by atoms with Gasteiger partial charge in [0.05, 0.1) is 22.7 Å². The molecule has 25 heavy (non-hydrogen) atoms. The van der Waals surface area contributed by atoms with Crippen LogP contribution in [0.15, 0.2) is 40.9 Å². The van der Waals surface area contributed by atoms with Gasteiger partial charge in [-0.1, -0.05) is 41.7 Å². The number of carbonyl (C=O) groups excluding carboxylic acids is 1. The minimum absolute atomic E-state index is 0.163. The Labute approximate surface area is 146 Å². The van der Waals surface area contributed by atoms with Crippen molar-refractivity contribution in [1.29, 1.82) is 0 Å². The Morgan fingerprint density at radius 3 is 2.64 bits per heavy atom. The Bertz CT molecular complexity index is 890. The number of imidazole rings is 1. The Hall–Kier alpha value is -2.27. The monoisotopic (exact) mass is 388 g/mol. The van der Waals surface area contributed by atoms with E-state index in [1.54, 1.807) is 11.5 Å². The van der Waals surface area contributed by atoms with Gasteiger partial charge in [-0.15, -0.1) is 5.10 Å². The number of aromatic nitrogens is 3. The van der Waals surface area contributed by atoms with Gasteiger partial charge >= 0.3 is 12.1 Å². The molecule has 2 heterocycles. The van der Waals surface area contributed by atoms with Crippen LogP contribution in [-0.4, -0.2) is 43.2 Å². The Kier molecular flexibility index (Phi) is 4.86. The summed E-state index contributed by atoms with van der Waals surface area (Å²) in [5.41, 5.74) is 1.63. The summed E-state index contributed by atoms with van der Waals surface area (Å²) in [6, 6.07) is 9.44. The fourth-order valence-corrected chi connectivity index (χ4v) is 4.07. The average molecular weight is 388 g/mol. The number of amides is 1. The van der Waals surface area contributed by atoms with Crippen molar-refractivity contribution in [2.45, 2.75) is 10.5 Å². The average Bonchev–Trinajstić information content (AvgIpc) is 3.13. The topological polar surface area (TPSA) is 76.4 Å². The zero-order valence-electron chi connectivity index (χ0n) is 12.5. The third-order valence-corrected chi connectivity index (χ3v) is 5.69. The molecular formula is C14H11F3N4O2S2. The van der Waals surface area contributed by atoms with Crippen molar-refractivity contribution in [3.05, 3.63) is 36.5 Å². The molecular weight excluding hydrogens is 377 g/mol. The molecule has 0 saturated carbocycles. The molecule has 1 unspecified atom stereocenters. The molecule has 0 aliphatic rings. The smallest absolute Gasteiger partial charge is 0.347 e. The molecule has 132 valence electrons. The van der Waals surface area contributed by atoms with Crippen molar-refractivity contribution in [2.24, 2.45) is 0 Å². The number of nitrogens with one attached hydrogen (secondary N) is 1. The summed E-state index contributed by atoms with van der Waals surface area (Å²) >= 11 is 1.09. The third kappa shape index (κ3) is 4.04. The molecule has 0 aliphatic heterocycles. The van der Waals surface area contributed by atoms with E-state index in [0.29, 0.717) is 10.7 Å². The third-order valence-electron chi connectivity index (χ3n) is 3.12. The second kappa shape index (κ2) is 6.92. The van der Waals surface area contributed by atoms with Gasteiger partial charge in [0.15, 0.2) is 0 Å². The van der Waals surface area contributed by atoms with Crippen molar-refractivity contribution >= 4 is 33.0 Å². The van der Waals surface area contributed by atoms with Crippen LogP contribution in [0.4, 0.5) is 13.2 Å². The summed E-state index contributed by atoms with van der Waals surface area (Å²) in [5.74, 6) is -2.21. The SMILES string of the molecule is O=C(NCCS(=O)c1nn2cc(-c3ccccc3)nc2s1)C(F)(F)F. The predicted molar refractivity (Wildman–Crippen MR) is 86.6 cm³/mol.